The molecule has 1 N–H and O–H groups in total. The molecule has 2 aromatic rings. The minimum Gasteiger partial charge on any atom is -0.307 e. The molecule has 0 atom stereocenters. The van der Waals surface area contributed by atoms with Gasteiger partial charge in [0.05, 0.1) is 12.2 Å². The van der Waals surface area contributed by atoms with Crippen LogP contribution < -0.4 is 5.32 Å². The van der Waals surface area contributed by atoms with Crippen LogP contribution >= 0.6 is 0 Å². The standard InChI is InChI=1S/C12H13F2N3/c13-12(14)9-15-8-10-3-1-4-11(7-10)17-6-2-5-16-17/h1-7,12,15H,8-9H2. The molecule has 0 saturated heterocycles. The van der Waals surface area contributed by atoms with E-state index >= 15 is 0 Å². The Hall–Kier alpha value is -1.75. The van der Waals surface area contributed by atoms with Gasteiger partial charge >= 0.3 is 0 Å². The van der Waals surface area contributed by atoms with Gasteiger partial charge in [-0.2, -0.15) is 5.10 Å². The minimum absolute atomic E-state index is 0.286. The van der Waals surface area contributed by atoms with Gasteiger partial charge < -0.3 is 5.32 Å². The molecule has 1 heterocycles. The third kappa shape index (κ3) is 3.35. The van der Waals surface area contributed by atoms with E-state index in [1.165, 1.54) is 0 Å². The molecule has 0 bridgehead atoms. The number of hydrogen-bond donors (Lipinski definition) is 1. The van der Waals surface area contributed by atoms with Crippen molar-refractivity contribution in [2.45, 2.75) is 13.0 Å². The molecule has 0 aliphatic heterocycles. The molecule has 0 saturated carbocycles. The SMILES string of the molecule is FC(F)CNCc1cccc(-n2cccn2)c1. The first-order valence-electron chi connectivity index (χ1n) is 5.33. The van der Waals surface area contributed by atoms with Gasteiger partial charge in [0.25, 0.3) is 6.43 Å². The largest absolute Gasteiger partial charge is 0.307 e. The van der Waals surface area contributed by atoms with Crippen molar-refractivity contribution in [3.63, 3.8) is 0 Å². The third-order valence-corrected chi connectivity index (χ3v) is 2.31. The quantitative estimate of drug-likeness (QED) is 0.864. The average Bonchev–Trinajstić information content (AvgIpc) is 2.82. The normalized spacial score (nSPS) is 11.0. The predicted octanol–water partition coefficient (Wildman–Crippen LogP) is 2.23. The topological polar surface area (TPSA) is 29.9 Å². The molecule has 0 aliphatic carbocycles. The van der Waals surface area contributed by atoms with Crippen molar-refractivity contribution in [1.29, 1.82) is 0 Å². The second-order valence-electron chi connectivity index (χ2n) is 3.64. The molecular weight excluding hydrogens is 224 g/mol. The number of hydrogen-bond acceptors (Lipinski definition) is 2. The number of nitrogens with one attached hydrogen (secondary N) is 1. The molecule has 0 unspecified atom stereocenters. The molecule has 0 aliphatic rings. The van der Waals surface area contributed by atoms with Crippen LogP contribution in [0.15, 0.2) is 42.7 Å². The maximum Gasteiger partial charge on any atom is 0.250 e. The Labute approximate surface area is 98.1 Å². The second-order valence-corrected chi connectivity index (χ2v) is 3.64. The van der Waals surface area contributed by atoms with E-state index in [9.17, 15) is 8.78 Å². The van der Waals surface area contributed by atoms with E-state index in [1.54, 1.807) is 10.9 Å². The lowest BCUT2D eigenvalue weighted by Gasteiger charge is -2.06. The van der Waals surface area contributed by atoms with Gasteiger partial charge in [0.1, 0.15) is 0 Å². The van der Waals surface area contributed by atoms with E-state index < -0.39 is 6.43 Å². The molecule has 17 heavy (non-hydrogen) atoms. The lowest BCUT2D eigenvalue weighted by atomic mass is 10.2. The van der Waals surface area contributed by atoms with Crippen LogP contribution in [0.25, 0.3) is 5.69 Å². The number of rotatable bonds is 5. The molecule has 0 amide bonds. The summed E-state index contributed by atoms with van der Waals surface area (Å²) in [5.41, 5.74) is 1.88. The van der Waals surface area contributed by atoms with Crippen LogP contribution in [-0.4, -0.2) is 22.8 Å². The monoisotopic (exact) mass is 237 g/mol. The summed E-state index contributed by atoms with van der Waals surface area (Å²) in [5, 5.41) is 6.81. The van der Waals surface area contributed by atoms with Crippen LogP contribution in [0.4, 0.5) is 8.78 Å². The van der Waals surface area contributed by atoms with Crippen LogP contribution in [0.2, 0.25) is 0 Å². The van der Waals surface area contributed by atoms with Gasteiger partial charge in [0, 0.05) is 18.9 Å². The summed E-state index contributed by atoms with van der Waals surface area (Å²) in [6, 6.07) is 9.46. The average molecular weight is 237 g/mol. The number of aromatic nitrogens is 2. The van der Waals surface area contributed by atoms with E-state index in [2.05, 4.69) is 10.4 Å². The van der Waals surface area contributed by atoms with E-state index in [1.807, 2.05) is 36.5 Å². The molecule has 90 valence electrons. The lowest BCUT2D eigenvalue weighted by Crippen LogP contribution is -2.20. The van der Waals surface area contributed by atoms with Crippen LogP contribution in [0, 0.1) is 0 Å². The summed E-state index contributed by atoms with van der Waals surface area (Å²) in [6.45, 7) is 0.144. The van der Waals surface area contributed by atoms with Crippen molar-refractivity contribution >= 4 is 0 Å². The zero-order chi connectivity index (χ0) is 12.1. The summed E-state index contributed by atoms with van der Waals surface area (Å²) in [6.07, 6.45) is 1.22. The summed E-state index contributed by atoms with van der Waals surface area (Å²) >= 11 is 0. The molecular formula is C12H13F2N3. The summed E-state index contributed by atoms with van der Waals surface area (Å²) in [5.74, 6) is 0. The first kappa shape index (κ1) is 11.7. The highest BCUT2D eigenvalue weighted by Gasteiger charge is 2.02. The number of benzene rings is 1. The Morgan fingerprint density at radius 3 is 2.88 bits per heavy atom. The van der Waals surface area contributed by atoms with Crippen molar-refractivity contribution in [3.05, 3.63) is 48.3 Å². The van der Waals surface area contributed by atoms with Crippen LogP contribution in [0.5, 0.6) is 0 Å². The first-order chi connectivity index (χ1) is 8.25. The molecule has 0 fully saturated rings. The van der Waals surface area contributed by atoms with Crippen LogP contribution in [0.3, 0.4) is 0 Å². The molecule has 3 nitrogen and oxygen atoms in total. The highest BCUT2D eigenvalue weighted by Crippen LogP contribution is 2.09. The Morgan fingerprint density at radius 2 is 2.18 bits per heavy atom. The maximum atomic E-state index is 12.0. The van der Waals surface area contributed by atoms with Gasteiger partial charge in [0.2, 0.25) is 0 Å². The molecule has 5 heteroatoms. The van der Waals surface area contributed by atoms with Gasteiger partial charge in [0.15, 0.2) is 0 Å². The third-order valence-electron chi connectivity index (χ3n) is 2.31. The Morgan fingerprint density at radius 1 is 1.29 bits per heavy atom. The Balaban J connectivity index is 2.02. The maximum absolute atomic E-state index is 12.0. The van der Waals surface area contributed by atoms with Crippen LogP contribution in [-0.2, 0) is 6.54 Å². The molecule has 0 spiro atoms. The van der Waals surface area contributed by atoms with Gasteiger partial charge in [-0.3, -0.25) is 0 Å². The fourth-order valence-corrected chi connectivity index (χ4v) is 1.56. The Bertz CT molecular complexity index is 455. The first-order valence-corrected chi connectivity index (χ1v) is 5.33. The molecule has 2 rings (SSSR count). The highest BCUT2D eigenvalue weighted by molar-refractivity contribution is 5.34. The van der Waals surface area contributed by atoms with E-state index in [0.717, 1.165) is 11.3 Å². The fourth-order valence-electron chi connectivity index (χ4n) is 1.56. The summed E-state index contributed by atoms with van der Waals surface area (Å²) in [4.78, 5) is 0. The van der Waals surface area contributed by atoms with Gasteiger partial charge in [-0.05, 0) is 23.8 Å². The van der Waals surface area contributed by atoms with E-state index in [-0.39, 0.29) is 6.54 Å². The molecule has 1 aromatic carbocycles. The lowest BCUT2D eigenvalue weighted by molar-refractivity contribution is 0.145. The van der Waals surface area contributed by atoms with Crippen molar-refractivity contribution in [2.24, 2.45) is 0 Å². The Kier molecular flexibility index (Phi) is 3.82. The zero-order valence-electron chi connectivity index (χ0n) is 9.18. The van der Waals surface area contributed by atoms with Gasteiger partial charge in [-0.25, -0.2) is 13.5 Å². The minimum atomic E-state index is -2.32. The zero-order valence-corrected chi connectivity index (χ0v) is 9.18. The van der Waals surface area contributed by atoms with E-state index in [4.69, 9.17) is 0 Å². The fraction of sp³-hybridized carbons (Fsp3) is 0.250. The molecule has 0 radical (unpaired) electrons. The van der Waals surface area contributed by atoms with Crippen molar-refractivity contribution in [3.8, 4) is 5.69 Å². The van der Waals surface area contributed by atoms with Crippen molar-refractivity contribution < 1.29 is 8.78 Å². The molecule has 1 aromatic heterocycles. The number of halogens is 2. The number of alkyl halides is 2. The predicted molar refractivity (Wildman–Crippen MR) is 61.3 cm³/mol. The van der Waals surface area contributed by atoms with Gasteiger partial charge in [-0.1, -0.05) is 12.1 Å². The second kappa shape index (κ2) is 5.54. The van der Waals surface area contributed by atoms with Crippen molar-refractivity contribution in [2.75, 3.05) is 6.54 Å². The van der Waals surface area contributed by atoms with Crippen LogP contribution in [0.1, 0.15) is 5.56 Å². The van der Waals surface area contributed by atoms with Gasteiger partial charge in [-0.15, -0.1) is 0 Å². The van der Waals surface area contributed by atoms with Crippen molar-refractivity contribution in [1.82, 2.24) is 15.1 Å². The summed E-state index contributed by atoms with van der Waals surface area (Å²) in [7, 11) is 0. The highest BCUT2D eigenvalue weighted by atomic mass is 19.3. The van der Waals surface area contributed by atoms with E-state index in [0.29, 0.717) is 6.54 Å². The smallest absolute Gasteiger partial charge is 0.250 e. The number of nitrogens with zero attached hydrogens (tertiary/aromatic N) is 2. The summed E-state index contributed by atoms with van der Waals surface area (Å²) < 4.78 is 25.7.